The van der Waals surface area contributed by atoms with Crippen LogP contribution in [0.25, 0.3) is 0 Å². The van der Waals surface area contributed by atoms with E-state index in [4.69, 9.17) is 9.47 Å². The molecule has 0 bridgehead atoms. The fraction of sp³-hybridized carbons (Fsp3) is 0.375. The molecule has 3 aromatic carbocycles. The SMILES string of the molecule is CCCCNC(=O)C(CC)N(Cc1cccc(OC)c1)C(=O)CN(c1ccccc1)S(=O)(=O)c1ccc(OCC)cc1. The van der Waals surface area contributed by atoms with Crippen molar-refractivity contribution in [3.63, 3.8) is 0 Å². The molecule has 0 aromatic heterocycles. The van der Waals surface area contributed by atoms with Gasteiger partial charge in [-0.2, -0.15) is 0 Å². The van der Waals surface area contributed by atoms with Gasteiger partial charge in [-0.15, -0.1) is 0 Å². The molecule has 1 N–H and O–H groups in total. The van der Waals surface area contributed by atoms with E-state index in [2.05, 4.69) is 5.32 Å². The van der Waals surface area contributed by atoms with E-state index >= 15 is 0 Å². The predicted molar refractivity (Wildman–Crippen MR) is 164 cm³/mol. The second kappa shape index (κ2) is 15.8. The highest BCUT2D eigenvalue weighted by molar-refractivity contribution is 7.92. The number of anilines is 1. The van der Waals surface area contributed by atoms with Crippen molar-refractivity contribution < 1.29 is 27.5 Å². The molecule has 0 spiro atoms. The zero-order valence-corrected chi connectivity index (χ0v) is 25.6. The molecule has 0 aliphatic rings. The fourth-order valence-corrected chi connectivity index (χ4v) is 5.93. The minimum atomic E-state index is -4.16. The lowest BCUT2D eigenvalue weighted by Crippen LogP contribution is -2.52. The Bertz CT molecular complexity index is 1400. The Kier molecular flexibility index (Phi) is 12.2. The summed E-state index contributed by atoms with van der Waals surface area (Å²) in [7, 11) is -2.60. The molecule has 0 aliphatic heterocycles. The van der Waals surface area contributed by atoms with E-state index in [-0.39, 0.29) is 17.3 Å². The van der Waals surface area contributed by atoms with Crippen LogP contribution >= 0.6 is 0 Å². The maximum Gasteiger partial charge on any atom is 0.264 e. The zero-order valence-electron chi connectivity index (χ0n) is 24.8. The second-order valence-corrected chi connectivity index (χ2v) is 11.6. The Morgan fingerprint density at radius 1 is 0.905 bits per heavy atom. The van der Waals surface area contributed by atoms with Crippen LogP contribution in [0.4, 0.5) is 5.69 Å². The summed E-state index contributed by atoms with van der Waals surface area (Å²) >= 11 is 0. The number of carbonyl (C=O) groups is 2. The predicted octanol–water partition coefficient (Wildman–Crippen LogP) is 5.01. The van der Waals surface area contributed by atoms with Crippen molar-refractivity contribution in [1.29, 1.82) is 0 Å². The highest BCUT2D eigenvalue weighted by atomic mass is 32.2. The van der Waals surface area contributed by atoms with Crippen LogP contribution in [-0.2, 0) is 26.2 Å². The molecule has 3 rings (SSSR count). The number of sulfonamides is 1. The number of amides is 2. The second-order valence-electron chi connectivity index (χ2n) is 9.69. The van der Waals surface area contributed by atoms with Crippen LogP contribution in [0.1, 0.15) is 45.6 Å². The largest absolute Gasteiger partial charge is 0.497 e. The summed E-state index contributed by atoms with van der Waals surface area (Å²) < 4.78 is 39.8. The lowest BCUT2D eigenvalue weighted by atomic mass is 10.1. The molecule has 226 valence electrons. The molecule has 0 saturated carbocycles. The first-order valence-electron chi connectivity index (χ1n) is 14.3. The topological polar surface area (TPSA) is 105 Å². The number of rotatable bonds is 16. The number of unbranched alkanes of at least 4 members (excludes halogenated alkanes) is 1. The lowest BCUT2D eigenvalue weighted by molar-refractivity contribution is -0.140. The van der Waals surface area contributed by atoms with Crippen molar-refractivity contribution in [2.75, 3.05) is 31.1 Å². The third kappa shape index (κ3) is 8.48. The lowest BCUT2D eigenvalue weighted by Gasteiger charge is -2.33. The number of para-hydroxylation sites is 1. The van der Waals surface area contributed by atoms with Crippen LogP contribution in [-0.4, -0.2) is 58.0 Å². The van der Waals surface area contributed by atoms with Crippen molar-refractivity contribution in [2.24, 2.45) is 0 Å². The van der Waals surface area contributed by atoms with Crippen LogP contribution in [0.3, 0.4) is 0 Å². The van der Waals surface area contributed by atoms with Gasteiger partial charge < -0.3 is 19.7 Å². The van der Waals surface area contributed by atoms with Crippen LogP contribution in [0, 0.1) is 0 Å². The molecule has 0 aliphatic carbocycles. The number of hydrogen-bond donors (Lipinski definition) is 1. The number of nitrogens with one attached hydrogen (secondary N) is 1. The Balaban J connectivity index is 2.01. The summed E-state index contributed by atoms with van der Waals surface area (Å²) in [4.78, 5) is 28.9. The third-order valence-electron chi connectivity index (χ3n) is 6.75. The normalized spacial score (nSPS) is 11.8. The van der Waals surface area contributed by atoms with E-state index in [0.717, 1.165) is 22.7 Å². The van der Waals surface area contributed by atoms with Crippen LogP contribution in [0.15, 0.2) is 83.8 Å². The monoisotopic (exact) mass is 595 g/mol. The highest BCUT2D eigenvalue weighted by Gasteiger charge is 2.33. The van der Waals surface area contributed by atoms with Crippen molar-refractivity contribution in [2.45, 2.75) is 57.5 Å². The molecule has 2 amide bonds. The first-order valence-corrected chi connectivity index (χ1v) is 15.7. The van der Waals surface area contributed by atoms with Crippen molar-refractivity contribution in [3.8, 4) is 11.5 Å². The van der Waals surface area contributed by atoms with Crippen LogP contribution in [0.5, 0.6) is 11.5 Å². The number of hydrogen-bond acceptors (Lipinski definition) is 6. The van der Waals surface area contributed by atoms with Gasteiger partial charge in [0, 0.05) is 13.1 Å². The minimum Gasteiger partial charge on any atom is -0.497 e. The van der Waals surface area contributed by atoms with Crippen molar-refractivity contribution in [1.82, 2.24) is 10.2 Å². The number of ether oxygens (including phenoxy) is 2. The average molecular weight is 596 g/mol. The first kappa shape index (κ1) is 32.5. The standard InChI is InChI=1S/C32H41N3O6S/c1-5-8-21-33-32(37)30(6-2)34(23-25-13-12-16-28(22-25)40-4)31(36)24-35(26-14-10-9-11-15-26)42(38,39)29-19-17-27(18-20-29)41-7-3/h9-20,22,30H,5-8,21,23-24H2,1-4H3,(H,33,37). The molecule has 0 saturated heterocycles. The quantitative estimate of drug-likeness (QED) is 0.234. The Morgan fingerprint density at radius 3 is 2.24 bits per heavy atom. The first-order chi connectivity index (χ1) is 20.2. The molecule has 0 radical (unpaired) electrons. The molecule has 0 fully saturated rings. The van der Waals surface area contributed by atoms with Gasteiger partial charge in [0.15, 0.2) is 0 Å². The van der Waals surface area contributed by atoms with Gasteiger partial charge in [0.2, 0.25) is 11.8 Å². The van der Waals surface area contributed by atoms with Crippen molar-refractivity contribution >= 4 is 27.5 Å². The fourth-order valence-electron chi connectivity index (χ4n) is 4.52. The summed E-state index contributed by atoms with van der Waals surface area (Å²) in [5.74, 6) is 0.379. The van der Waals surface area contributed by atoms with Gasteiger partial charge in [-0.05, 0) is 73.9 Å². The summed E-state index contributed by atoms with van der Waals surface area (Å²) in [6.07, 6.45) is 2.08. The van der Waals surface area contributed by atoms with Gasteiger partial charge >= 0.3 is 0 Å². The maximum absolute atomic E-state index is 14.1. The smallest absolute Gasteiger partial charge is 0.264 e. The van der Waals surface area contributed by atoms with Gasteiger partial charge in [0.05, 0.1) is 24.3 Å². The number of carbonyl (C=O) groups excluding carboxylic acids is 2. The van der Waals surface area contributed by atoms with E-state index in [1.807, 2.05) is 32.9 Å². The Morgan fingerprint density at radius 2 is 1.62 bits per heavy atom. The summed E-state index contributed by atoms with van der Waals surface area (Å²) in [5.41, 5.74) is 1.09. The molecule has 42 heavy (non-hydrogen) atoms. The van der Waals surface area contributed by atoms with E-state index in [1.54, 1.807) is 61.7 Å². The average Bonchev–Trinajstić information content (AvgIpc) is 3.00. The molecule has 0 heterocycles. The minimum absolute atomic E-state index is 0.0197. The van der Waals surface area contributed by atoms with Gasteiger partial charge in [0.1, 0.15) is 24.1 Å². The van der Waals surface area contributed by atoms with Gasteiger partial charge in [-0.3, -0.25) is 13.9 Å². The number of benzene rings is 3. The molecular formula is C32H41N3O6S. The Hall–Kier alpha value is -4.05. The maximum atomic E-state index is 14.1. The van der Waals surface area contributed by atoms with E-state index < -0.39 is 28.5 Å². The van der Waals surface area contributed by atoms with Gasteiger partial charge in [-0.25, -0.2) is 8.42 Å². The van der Waals surface area contributed by atoms with Crippen LogP contribution in [0.2, 0.25) is 0 Å². The molecule has 9 nitrogen and oxygen atoms in total. The molecule has 3 aromatic rings. The van der Waals surface area contributed by atoms with E-state index in [0.29, 0.717) is 36.8 Å². The van der Waals surface area contributed by atoms with E-state index in [1.165, 1.54) is 17.0 Å². The molecule has 1 unspecified atom stereocenters. The summed E-state index contributed by atoms with van der Waals surface area (Å²) in [6, 6.07) is 21.0. The summed E-state index contributed by atoms with van der Waals surface area (Å²) in [5, 5.41) is 2.93. The third-order valence-corrected chi connectivity index (χ3v) is 8.54. The molecular weight excluding hydrogens is 554 g/mol. The zero-order chi connectivity index (χ0) is 30.5. The van der Waals surface area contributed by atoms with Gasteiger partial charge in [0.25, 0.3) is 10.0 Å². The van der Waals surface area contributed by atoms with Crippen molar-refractivity contribution in [3.05, 3.63) is 84.4 Å². The number of nitrogens with zero attached hydrogens (tertiary/aromatic N) is 2. The molecule has 1 atom stereocenters. The van der Waals surface area contributed by atoms with E-state index in [9.17, 15) is 18.0 Å². The Labute approximate surface area is 249 Å². The number of methoxy groups -OCH3 is 1. The molecule has 10 heteroatoms. The highest BCUT2D eigenvalue weighted by Crippen LogP contribution is 2.26. The summed E-state index contributed by atoms with van der Waals surface area (Å²) in [6.45, 7) is 6.26. The van der Waals surface area contributed by atoms with Crippen LogP contribution < -0.4 is 19.1 Å². The van der Waals surface area contributed by atoms with Gasteiger partial charge in [-0.1, -0.05) is 50.6 Å².